The van der Waals surface area contributed by atoms with E-state index in [2.05, 4.69) is 20.1 Å². The molecule has 3 heterocycles. The van der Waals surface area contributed by atoms with Crippen LogP contribution in [0.15, 0.2) is 18.7 Å². The van der Waals surface area contributed by atoms with Crippen LogP contribution in [0.25, 0.3) is 5.65 Å². The molecule has 1 atom stereocenters. The molecule has 2 aromatic heterocycles. The van der Waals surface area contributed by atoms with E-state index in [1.807, 2.05) is 10.6 Å². The molecule has 6 heteroatoms. The quantitative estimate of drug-likeness (QED) is 0.796. The van der Waals surface area contributed by atoms with Gasteiger partial charge in [0.15, 0.2) is 5.82 Å². The van der Waals surface area contributed by atoms with E-state index in [4.69, 9.17) is 11.6 Å². The topological polar surface area (TPSA) is 46.3 Å². The van der Waals surface area contributed by atoms with Gasteiger partial charge >= 0.3 is 0 Å². The number of piperidine rings is 1. The summed E-state index contributed by atoms with van der Waals surface area (Å²) in [5.74, 6) is 2.34. The van der Waals surface area contributed by atoms with Crippen molar-refractivity contribution >= 4 is 23.1 Å². The van der Waals surface area contributed by atoms with Crippen molar-refractivity contribution in [3.63, 3.8) is 0 Å². The van der Waals surface area contributed by atoms with Crippen LogP contribution in [0.1, 0.15) is 19.3 Å². The predicted octanol–water partition coefficient (Wildman–Crippen LogP) is 1.97. The maximum atomic E-state index is 5.85. The summed E-state index contributed by atoms with van der Waals surface area (Å²) in [4.78, 5) is 6.78. The summed E-state index contributed by atoms with van der Waals surface area (Å²) in [6.07, 6.45) is 8.92. The first-order valence-corrected chi connectivity index (χ1v) is 6.87. The van der Waals surface area contributed by atoms with E-state index in [1.54, 1.807) is 12.5 Å². The van der Waals surface area contributed by atoms with Crippen LogP contribution in [0.5, 0.6) is 0 Å². The first-order chi connectivity index (χ1) is 8.88. The van der Waals surface area contributed by atoms with Gasteiger partial charge in [-0.25, -0.2) is 4.98 Å². The Bertz CT molecular complexity index is 524. The summed E-state index contributed by atoms with van der Waals surface area (Å²) in [6, 6.07) is 0. The van der Waals surface area contributed by atoms with Crippen molar-refractivity contribution in [1.82, 2.24) is 19.6 Å². The van der Waals surface area contributed by atoms with Crippen LogP contribution in [-0.4, -0.2) is 38.6 Å². The average molecular weight is 266 g/mol. The fourth-order valence-corrected chi connectivity index (χ4v) is 2.92. The van der Waals surface area contributed by atoms with Crippen molar-refractivity contribution in [3.05, 3.63) is 18.7 Å². The van der Waals surface area contributed by atoms with Crippen LogP contribution in [-0.2, 0) is 0 Å². The molecular formula is C12H16ClN5. The molecule has 0 saturated carbocycles. The Hall–Kier alpha value is -1.36. The van der Waals surface area contributed by atoms with Crippen LogP contribution < -0.4 is 4.90 Å². The van der Waals surface area contributed by atoms with E-state index in [0.717, 1.165) is 36.9 Å². The van der Waals surface area contributed by atoms with E-state index in [9.17, 15) is 0 Å². The molecule has 1 fully saturated rings. The Kier molecular flexibility index (Phi) is 3.32. The number of anilines is 1. The van der Waals surface area contributed by atoms with Crippen LogP contribution in [0.2, 0.25) is 0 Å². The number of halogens is 1. The van der Waals surface area contributed by atoms with E-state index in [0.29, 0.717) is 5.92 Å². The predicted molar refractivity (Wildman–Crippen MR) is 71.1 cm³/mol. The fourth-order valence-electron chi connectivity index (χ4n) is 2.62. The minimum Gasteiger partial charge on any atom is -0.353 e. The zero-order valence-electron chi connectivity index (χ0n) is 10.2. The van der Waals surface area contributed by atoms with Crippen molar-refractivity contribution in [3.8, 4) is 0 Å². The van der Waals surface area contributed by atoms with Crippen molar-refractivity contribution in [2.75, 3.05) is 23.9 Å². The van der Waals surface area contributed by atoms with Crippen LogP contribution in [0, 0.1) is 5.92 Å². The molecule has 1 aliphatic heterocycles. The average Bonchev–Trinajstić information content (AvgIpc) is 2.87. The number of aromatic nitrogens is 4. The van der Waals surface area contributed by atoms with Gasteiger partial charge in [-0.15, -0.1) is 21.8 Å². The molecule has 0 radical (unpaired) electrons. The van der Waals surface area contributed by atoms with E-state index < -0.39 is 0 Å². The van der Waals surface area contributed by atoms with Crippen LogP contribution in [0.4, 0.5) is 5.82 Å². The number of fused-ring (bicyclic) bond motifs is 1. The first-order valence-electron chi connectivity index (χ1n) is 6.34. The van der Waals surface area contributed by atoms with Gasteiger partial charge in [-0.2, -0.15) is 0 Å². The van der Waals surface area contributed by atoms with Gasteiger partial charge in [-0.3, -0.25) is 4.40 Å². The Morgan fingerprint density at radius 3 is 3.28 bits per heavy atom. The zero-order valence-corrected chi connectivity index (χ0v) is 10.9. The van der Waals surface area contributed by atoms with Gasteiger partial charge < -0.3 is 4.90 Å². The fraction of sp³-hybridized carbons (Fsp3) is 0.583. The minimum atomic E-state index is 0.668. The molecule has 0 aromatic carbocycles. The minimum absolute atomic E-state index is 0.668. The molecule has 96 valence electrons. The van der Waals surface area contributed by atoms with Crippen molar-refractivity contribution in [1.29, 1.82) is 0 Å². The van der Waals surface area contributed by atoms with Gasteiger partial charge in [0.2, 0.25) is 5.65 Å². The third-order valence-corrected chi connectivity index (χ3v) is 3.75. The standard InChI is InChI=1S/C12H16ClN5/c13-4-3-10-2-1-6-17(8-10)11-12-16-15-9-18(12)7-5-14-11/h5,7,9-10H,1-4,6,8H2. The van der Waals surface area contributed by atoms with Gasteiger partial charge in [-0.05, 0) is 25.2 Å². The maximum Gasteiger partial charge on any atom is 0.203 e. The van der Waals surface area contributed by atoms with E-state index in [1.165, 1.54) is 12.8 Å². The molecule has 2 aromatic rings. The second-order valence-electron chi connectivity index (χ2n) is 4.74. The molecule has 5 nitrogen and oxygen atoms in total. The van der Waals surface area contributed by atoms with Crippen molar-refractivity contribution in [2.24, 2.45) is 5.92 Å². The van der Waals surface area contributed by atoms with Crippen LogP contribution in [0.3, 0.4) is 0 Å². The highest BCUT2D eigenvalue weighted by Gasteiger charge is 2.22. The number of hydrogen-bond donors (Lipinski definition) is 0. The first kappa shape index (κ1) is 11.7. The maximum absolute atomic E-state index is 5.85. The molecule has 0 amide bonds. The Morgan fingerprint density at radius 2 is 2.39 bits per heavy atom. The van der Waals surface area contributed by atoms with Crippen LogP contribution >= 0.6 is 11.6 Å². The summed E-state index contributed by atoms with van der Waals surface area (Å²) < 4.78 is 1.91. The molecular weight excluding hydrogens is 250 g/mol. The molecule has 18 heavy (non-hydrogen) atoms. The van der Waals surface area contributed by atoms with Gasteiger partial charge in [-0.1, -0.05) is 0 Å². The Labute approximate surface area is 111 Å². The second kappa shape index (κ2) is 5.10. The summed E-state index contributed by atoms with van der Waals surface area (Å²) in [7, 11) is 0. The second-order valence-corrected chi connectivity index (χ2v) is 5.12. The number of nitrogens with zero attached hydrogens (tertiary/aromatic N) is 5. The molecule has 1 aliphatic rings. The molecule has 1 unspecified atom stereocenters. The molecule has 0 spiro atoms. The number of rotatable bonds is 3. The molecule has 0 bridgehead atoms. The van der Waals surface area contributed by atoms with Gasteiger partial charge in [0.1, 0.15) is 6.33 Å². The lowest BCUT2D eigenvalue weighted by molar-refractivity contribution is 0.405. The van der Waals surface area contributed by atoms with Gasteiger partial charge in [0, 0.05) is 31.4 Å². The number of alkyl halides is 1. The highest BCUT2D eigenvalue weighted by atomic mass is 35.5. The summed E-state index contributed by atoms with van der Waals surface area (Å²) in [5.41, 5.74) is 0.837. The monoisotopic (exact) mass is 265 g/mol. The Balaban J connectivity index is 1.87. The highest BCUT2D eigenvalue weighted by Crippen LogP contribution is 2.25. The molecule has 0 aliphatic carbocycles. The summed E-state index contributed by atoms with van der Waals surface area (Å²) in [5, 5.41) is 8.08. The SMILES string of the molecule is ClCCC1CCCN(c2nccn3cnnc23)C1. The number of hydrogen-bond acceptors (Lipinski definition) is 4. The third kappa shape index (κ3) is 2.14. The third-order valence-electron chi connectivity index (χ3n) is 3.53. The summed E-state index contributed by atoms with van der Waals surface area (Å²) >= 11 is 5.85. The lowest BCUT2D eigenvalue weighted by atomic mass is 9.95. The lowest BCUT2D eigenvalue weighted by Crippen LogP contribution is -2.36. The van der Waals surface area contributed by atoms with E-state index >= 15 is 0 Å². The molecule has 1 saturated heterocycles. The normalized spacial score (nSPS) is 20.5. The molecule has 3 rings (SSSR count). The smallest absolute Gasteiger partial charge is 0.203 e. The highest BCUT2D eigenvalue weighted by molar-refractivity contribution is 6.17. The van der Waals surface area contributed by atoms with Gasteiger partial charge in [0.25, 0.3) is 0 Å². The zero-order chi connectivity index (χ0) is 12.4. The summed E-state index contributed by atoms with van der Waals surface area (Å²) in [6.45, 7) is 2.06. The Morgan fingerprint density at radius 1 is 1.44 bits per heavy atom. The largest absolute Gasteiger partial charge is 0.353 e. The molecule has 0 N–H and O–H groups in total. The van der Waals surface area contributed by atoms with Crippen molar-refractivity contribution in [2.45, 2.75) is 19.3 Å². The van der Waals surface area contributed by atoms with Crippen molar-refractivity contribution < 1.29 is 0 Å². The van der Waals surface area contributed by atoms with Gasteiger partial charge in [0.05, 0.1) is 0 Å². The lowest BCUT2D eigenvalue weighted by Gasteiger charge is -2.33. The van der Waals surface area contributed by atoms with E-state index in [-0.39, 0.29) is 0 Å².